The Bertz CT molecular complexity index is 928. The van der Waals surface area contributed by atoms with Gasteiger partial charge in [-0.05, 0) is 36.1 Å². The Morgan fingerprint density at radius 3 is 2.29 bits per heavy atom. The highest BCUT2D eigenvalue weighted by Gasteiger charge is 2.47. The number of nitrogens with one attached hydrogen (secondary N) is 2. The molecule has 2 atom stereocenters. The predicted molar refractivity (Wildman–Crippen MR) is 91.0 cm³/mol. The molecule has 1 saturated carbocycles. The fourth-order valence-corrected chi connectivity index (χ4v) is 2.92. The Labute approximate surface area is 156 Å². The van der Waals surface area contributed by atoms with Crippen LogP contribution in [0.1, 0.15) is 33.8 Å². The predicted octanol–water partition coefficient (Wildman–Crippen LogP) is 3.18. The first kappa shape index (κ1) is 19.3. The van der Waals surface area contributed by atoms with Crippen LogP contribution in [0.2, 0.25) is 0 Å². The molecule has 2 amide bonds. The monoisotopic (exact) mass is 393 g/mol. The average Bonchev–Trinajstić information content (AvgIpc) is 3.46. The molecule has 1 aliphatic rings. The van der Waals surface area contributed by atoms with Gasteiger partial charge >= 0.3 is 6.18 Å². The summed E-state index contributed by atoms with van der Waals surface area (Å²) < 4.78 is 39.3. The normalized spacial score (nSPS) is 18.2. The summed E-state index contributed by atoms with van der Waals surface area (Å²) in [7, 11) is 0. The van der Waals surface area contributed by atoms with Crippen LogP contribution in [0.5, 0.6) is 0 Å². The van der Waals surface area contributed by atoms with Crippen molar-refractivity contribution in [2.75, 3.05) is 0 Å². The molecule has 7 nitrogen and oxygen atoms in total. The van der Waals surface area contributed by atoms with Gasteiger partial charge in [0.15, 0.2) is 0 Å². The lowest BCUT2D eigenvalue weighted by molar-refractivity contribution is -0.384. The Kier molecular flexibility index (Phi) is 5.04. The van der Waals surface area contributed by atoms with Crippen molar-refractivity contribution in [3.8, 4) is 0 Å². The first-order valence-corrected chi connectivity index (χ1v) is 8.19. The van der Waals surface area contributed by atoms with E-state index in [0.717, 1.165) is 18.2 Å². The number of non-ortho nitro benzene ring substituents is 1. The molecule has 0 spiro atoms. The minimum absolute atomic E-state index is 0.0526. The quantitative estimate of drug-likeness (QED) is 0.615. The van der Waals surface area contributed by atoms with Gasteiger partial charge in [-0.2, -0.15) is 13.2 Å². The van der Waals surface area contributed by atoms with Crippen LogP contribution < -0.4 is 10.9 Å². The molecular formula is C18H14F3N3O4. The van der Waals surface area contributed by atoms with E-state index in [-0.39, 0.29) is 23.2 Å². The molecule has 0 bridgehead atoms. The van der Waals surface area contributed by atoms with Crippen LogP contribution in [0, 0.1) is 16.0 Å². The maximum atomic E-state index is 13.1. The van der Waals surface area contributed by atoms with Crippen molar-refractivity contribution in [3.05, 3.63) is 75.3 Å². The smallest absolute Gasteiger partial charge is 0.273 e. The number of hydrazine groups is 1. The molecule has 0 heterocycles. The lowest BCUT2D eigenvalue weighted by Gasteiger charge is -2.12. The number of hydrogen-bond donors (Lipinski definition) is 2. The zero-order valence-electron chi connectivity index (χ0n) is 14.2. The molecule has 1 fully saturated rings. The molecular weight excluding hydrogens is 379 g/mol. The van der Waals surface area contributed by atoms with Crippen molar-refractivity contribution in [1.82, 2.24) is 10.9 Å². The van der Waals surface area contributed by atoms with Crippen molar-refractivity contribution in [2.45, 2.75) is 18.5 Å². The second kappa shape index (κ2) is 7.29. The van der Waals surface area contributed by atoms with Crippen molar-refractivity contribution in [1.29, 1.82) is 0 Å². The number of nitro groups is 1. The van der Waals surface area contributed by atoms with Crippen molar-refractivity contribution < 1.29 is 27.7 Å². The molecule has 0 saturated heterocycles. The van der Waals surface area contributed by atoms with Crippen LogP contribution in [-0.4, -0.2) is 16.7 Å². The van der Waals surface area contributed by atoms with Gasteiger partial charge in [0.25, 0.3) is 11.6 Å². The Balaban J connectivity index is 1.59. The summed E-state index contributed by atoms with van der Waals surface area (Å²) in [5.74, 6) is -2.55. The van der Waals surface area contributed by atoms with Crippen LogP contribution in [-0.2, 0) is 11.0 Å². The van der Waals surface area contributed by atoms with Crippen molar-refractivity contribution >= 4 is 17.5 Å². The minimum atomic E-state index is -4.51. The Morgan fingerprint density at radius 1 is 1.04 bits per heavy atom. The molecule has 0 aromatic heterocycles. The van der Waals surface area contributed by atoms with E-state index < -0.39 is 40.3 Å². The summed E-state index contributed by atoms with van der Waals surface area (Å²) >= 11 is 0. The highest BCUT2D eigenvalue weighted by atomic mass is 19.4. The summed E-state index contributed by atoms with van der Waals surface area (Å²) in [6, 6.07) is 9.80. The second-order valence-electron chi connectivity index (χ2n) is 6.28. The molecule has 2 unspecified atom stereocenters. The molecule has 2 N–H and O–H groups in total. The van der Waals surface area contributed by atoms with Gasteiger partial charge in [-0.15, -0.1) is 0 Å². The highest BCUT2D eigenvalue weighted by Crippen LogP contribution is 2.50. The number of benzene rings is 2. The summed E-state index contributed by atoms with van der Waals surface area (Å²) in [5, 5.41) is 10.6. The zero-order chi connectivity index (χ0) is 20.5. The highest BCUT2D eigenvalue weighted by molar-refractivity contribution is 5.96. The molecule has 10 heteroatoms. The van der Waals surface area contributed by atoms with E-state index >= 15 is 0 Å². The second-order valence-corrected chi connectivity index (χ2v) is 6.28. The molecule has 0 radical (unpaired) electrons. The molecule has 2 aromatic rings. The van der Waals surface area contributed by atoms with Crippen LogP contribution in [0.3, 0.4) is 0 Å². The fraction of sp³-hybridized carbons (Fsp3) is 0.222. The standard InChI is InChI=1S/C18H14F3N3O4/c19-18(20,21)15-4-2-1-3-12(15)13-9-14(13)17(26)23-22-16(25)10-5-7-11(8-6-10)24(27)28/h1-8,13-14H,9H2,(H,22,25)(H,23,26). The topological polar surface area (TPSA) is 101 Å². The number of alkyl halides is 3. The first-order chi connectivity index (χ1) is 13.2. The number of amides is 2. The molecule has 146 valence electrons. The fourth-order valence-electron chi connectivity index (χ4n) is 2.92. The van der Waals surface area contributed by atoms with E-state index in [4.69, 9.17) is 0 Å². The van der Waals surface area contributed by atoms with Gasteiger partial charge < -0.3 is 0 Å². The average molecular weight is 393 g/mol. The molecule has 0 aliphatic heterocycles. The Hall–Kier alpha value is -3.43. The number of nitro benzene ring substituents is 1. The summed E-state index contributed by atoms with van der Waals surface area (Å²) in [6.07, 6.45) is -4.27. The third-order valence-corrected chi connectivity index (χ3v) is 4.43. The number of hydrogen-bond acceptors (Lipinski definition) is 4. The van der Waals surface area contributed by atoms with Gasteiger partial charge in [-0.1, -0.05) is 18.2 Å². The lowest BCUT2D eigenvalue weighted by Crippen LogP contribution is -2.42. The van der Waals surface area contributed by atoms with Crippen molar-refractivity contribution in [2.24, 2.45) is 5.92 Å². The van der Waals surface area contributed by atoms with E-state index in [9.17, 15) is 32.9 Å². The largest absolute Gasteiger partial charge is 0.416 e. The van der Waals surface area contributed by atoms with E-state index in [0.29, 0.717) is 0 Å². The van der Waals surface area contributed by atoms with Crippen LogP contribution >= 0.6 is 0 Å². The molecule has 2 aromatic carbocycles. The van der Waals surface area contributed by atoms with Crippen LogP contribution in [0.4, 0.5) is 18.9 Å². The van der Waals surface area contributed by atoms with E-state index in [1.54, 1.807) is 0 Å². The number of carbonyl (C=O) groups is 2. The molecule has 3 rings (SSSR count). The van der Waals surface area contributed by atoms with Gasteiger partial charge in [0.1, 0.15) is 0 Å². The first-order valence-electron chi connectivity index (χ1n) is 8.19. The molecule has 1 aliphatic carbocycles. The number of nitrogens with zero attached hydrogens (tertiary/aromatic N) is 1. The van der Waals surface area contributed by atoms with Gasteiger partial charge in [0, 0.05) is 23.6 Å². The Morgan fingerprint density at radius 2 is 1.68 bits per heavy atom. The van der Waals surface area contributed by atoms with Gasteiger partial charge in [0.2, 0.25) is 5.91 Å². The third-order valence-electron chi connectivity index (χ3n) is 4.43. The number of carbonyl (C=O) groups excluding carboxylic acids is 2. The lowest BCUT2D eigenvalue weighted by atomic mass is 10.0. The maximum Gasteiger partial charge on any atom is 0.416 e. The number of halogens is 3. The van der Waals surface area contributed by atoms with E-state index in [2.05, 4.69) is 10.9 Å². The van der Waals surface area contributed by atoms with Gasteiger partial charge in [-0.25, -0.2) is 0 Å². The summed E-state index contributed by atoms with van der Waals surface area (Å²) in [5.41, 5.74) is 3.51. The number of rotatable bonds is 4. The molecule has 28 heavy (non-hydrogen) atoms. The maximum absolute atomic E-state index is 13.1. The summed E-state index contributed by atoms with van der Waals surface area (Å²) in [4.78, 5) is 34.1. The SMILES string of the molecule is O=C(NNC(=O)C1CC1c1ccccc1C(F)(F)F)c1ccc([N+](=O)[O-])cc1. The van der Waals surface area contributed by atoms with Crippen LogP contribution in [0.15, 0.2) is 48.5 Å². The zero-order valence-corrected chi connectivity index (χ0v) is 14.2. The van der Waals surface area contributed by atoms with E-state index in [1.165, 1.54) is 30.3 Å². The minimum Gasteiger partial charge on any atom is -0.273 e. The van der Waals surface area contributed by atoms with Crippen molar-refractivity contribution in [3.63, 3.8) is 0 Å². The van der Waals surface area contributed by atoms with Gasteiger partial charge in [-0.3, -0.25) is 30.6 Å². The van der Waals surface area contributed by atoms with Crippen LogP contribution in [0.25, 0.3) is 0 Å². The van der Waals surface area contributed by atoms with E-state index in [1.807, 2.05) is 0 Å². The summed E-state index contributed by atoms with van der Waals surface area (Å²) in [6.45, 7) is 0. The van der Waals surface area contributed by atoms with Gasteiger partial charge in [0.05, 0.1) is 10.5 Å². The third kappa shape index (κ3) is 4.11.